The van der Waals surface area contributed by atoms with Gasteiger partial charge in [0.1, 0.15) is 5.82 Å². The highest BCUT2D eigenvalue weighted by Gasteiger charge is 1.90. The molecule has 0 aromatic heterocycles. The molecule has 0 aliphatic rings. The first-order chi connectivity index (χ1) is 5.72. The maximum Gasteiger partial charge on any atom is 0.123 e. The van der Waals surface area contributed by atoms with E-state index in [1.807, 2.05) is 13.0 Å². The Morgan fingerprint density at radius 3 is 2.50 bits per heavy atom. The van der Waals surface area contributed by atoms with Crippen LogP contribution in [0.25, 0.3) is 6.08 Å². The second kappa shape index (κ2) is 4.31. The molecule has 1 aromatic rings. The number of thiol groups is 1. The molecule has 0 bridgehead atoms. The van der Waals surface area contributed by atoms with E-state index >= 15 is 0 Å². The summed E-state index contributed by atoms with van der Waals surface area (Å²) in [5.74, 6) is -0.204. The van der Waals surface area contributed by atoms with Crippen LogP contribution in [-0.4, -0.2) is 0 Å². The van der Waals surface area contributed by atoms with Gasteiger partial charge in [-0.05, 0) is 35.1 Å². The van der Waals surface area contributed by atoms with Gasteiger partial charge in [-0.25, -0.2) is 4.39 Å². The van der Waals surface area contributed by atoms with Crippen LogP contribution in [0.1, 0.15) is 18.9 Å². The lowest BCUT2D eigenvalue weighted by atomic mass is 10.2. The smallest absolute Gasteiger partial charge is 0.123 e. The second-order valence-corrected chi connectivity index (χ2v) is 3.12. The highest BCUT2D eigenvalue weighted by Crippen LogP contribution is 2.12. The van der Waals surface area contributed by atoms with Crippen molar-refractivity contribution < 1.29 is 4.39 Å². The van der Waals surface area contributed by atoms with E-state index in [9.17, 15) is 4.39 Å². The lowest BCUT2D eigenvalue weighted by molar-refractivity contribution is 0.628. The van der Waals surface area contributed by atoms with Crippen molar-refractivity contribution in [2.75, 3.05) is 0 Å². The fraction of sp³-hybridized carbons (Fsp3) is 0.200. The fourth-order valence-corrected chi connectivity index (χ4v) is 1.00. The largest absolute Gasteiger partial charge is 0.207 e. The topological polar surface area (TPSA) is 0 Å². The van der Waals surface area contributed by atoms with Gasteiger partial charge in [-0.1, -0.05) is 19.1 Å². The van der Waals surface area contributed by atoms with Crippen molar-refractivity contribution in [3.8, 4) is 0 Å². The van der Waals surface area contributed by atoms with Crippen LogP contribution < -0.4 is 0 Å². The molecule has 0 nitrogen and oxygen atoms in total. The third kappa shape index (κ3) is 2.70. The minimum absolute atomic E-state index is 0.204. The predicted molar refractivity (Wildman–Crippen MR) is 53.7 cm³/mol. The average molecular weight is 182 g/mol. The Kier molecular flexibility index (Phi) is 3.35. The van der Waals surface area contributed by atoms with Crippen LogP contribution in [0.3, 0.4) is 0 Å². The average Bonchev–Trinajstić information content (AvgIpc) is 2.09. The third-order valence-corrected chi connectivity index (χ3v) is 2.01. The Bertz CT molecular complexity index is 274. The molecule has 12 heavy (non-hydrogen) atoms. The van der Waals surface area contributed by atoms with Crippen LogP contribution in [0.15, 0.2) is 29.2 Å². The summed E-state index contributed by atoms with van der Waals surface area (Å²) in [6.07, 6.45) is 2.84. The van der Waals surface area contributed by atoms with Crippen molar-refractivity contribution >= 4 is 18.7 Å². The molecule has 0 fully saturated rings. The molecule has 0 saturated heterocycles. The summed E-state index contributed by atoms with van der Waals surface area (Å²) in [5, 5.41) is 0. The summed E-state index contributed by atoms with van der Waals surface area (Å²) in [4.78, 5) is 1.00. The summed E-state index contributed by atoms with van der Waals surface area (Å²) >= 11 is 4.23. The molecule has 0 atom stereocenters. The standard InChI is InChI=1S/C10H11FS/c1-2-10(12)7-8-3-5-9(11)6-4-8/h3-7,12H,2H2,1H3. The van der Waals surface area contributed by atoms with Crippen molar-refractivity contribution in [2.45, 2.75) is 13.3 Å². The van der Waals surface area contributed by atoms with E-state index < -0.39 is 0 Å². The first-order valence-corrected chi connectivity index (χ1v) is 4.32. The van der Waals surface area contributed by atoms with Gasteiger partial charge >= 0.3 is 0 Å². The zero-order valence-corrected chi connectivity index (χ0v) is 7.81. The molecular formula is C10H11FS. The molecule has 2 heteroatoms. The SMILES string of the molecule is CCC(S)=Cc1ccc(F)cc1. The minimum Gasteiger partial charge on any atom is -0.207 e. The summed E-state index contributed by atoms with van der Waals surface area (Å²) in [5.41, 5.74) is 0.989. The van der Waals surface area contributed by atoms with Gasteiger partial charge in [0, 0.05) is 0 Å². The molecule has 0 aliphatic heterocycles. The molecule has 1 aromatic carbocycles. The first kappa shape index (κ1) is 9.33. The summed E-state index contributed by atoms with van der Waals surface area (Å²) in [6.45, 7) is 2.03. The molecule has 0 radical (unpaired) electrons. The first-order valence-electron chi connectivity index (χ1n) is 3.87. The van der Waals surface area contributed by atoms with E-state index in [1.54, 1.807) is 12.1 Å². The summed E-state index contributed by atoms with van der Waals surface area (Å²) in [6, 6.07) is 6.37. The van der Waals surface area contributed by atoms with E-state index in [2.05, 4.69) is 12.6 Å². The van der Waals surface area contributed by atoms with Gasteiger partial charge in [0.25, 0.3) is 0 Å². The van der Waals surface area contributed by atoms with Crippen molar-refractivity contribution in [1.29, 1.82) is 0 Å². The monoisotopic (exact) mass is 182 g/mol. The number of halogens is 1. The van der Waals surface area contributed by atoms with Crippen molar-refractivity contribution in [3.63, 3.8) is 0 Å². The van der Waals surface area contributed by atoms with Crippen LogP contribution in [0.2, 0.25) is 0 Å². The van der Waals surface area contributed by atoms with E-state index in [0.717, 1.165) is 16.9 Å². The molecule has 0 amide bonds. The zero-order chi connectivity index (χ0) is 8.97. The van der Waals surface area contributed by atoms with Gasteiger partial charge in [-0.2, -0.15) is 0 Å². The lowest BCUT2D eigenvalue weighted by Crippen LogP contribution is -1.75. The quantitative estimate of drug-likeness (QED) is 0.665. The van der Waals surface area contributed by atoms with Crippen molar-refractivity contribution in [2.24, 2.45) is 0 Å². The number of hydrogen-bond donors (Lipinski definition) is 1. The molecule has 0 spiro atoms. The predicted octanol–water partition coefficient (Wildman–Crippen LogP) is 3.51. The minimum atomic E-state index is -0.204. The summed E-state index contributed by atoms with van der Waals surface area (Å²) < 4.78 is 12.5. The molecule has 0 aliphatic carbocycles. The number of rotatable bonds is 2. The van der Waals surface area contributed by atoms with Gasteiger partial charge < -0.3 is 0 Å². The van der Waals surface area contributed by atoms with Crippen LogP contribution in [-0.2, 0) is 0 Å². The molecule has 0 N–H and O–H groups in total. The fourth-order valence-electron chi connectivity index (χ4n) is 0.853. The van der Waals surface area contributed by atoms with Crippen LogP contribution in [0, 0.1) is 5.82 Å². The normalized spacial score (nSPS) is 11.8. The molecule has 0 heterocycles. The molecular weight excluding hydrogens is 171 g/mol. The van der Waals surface area contributed by atoms with Crippen molar-refractivity contribution in [1.82, 2.24) is 0 Å². The molecule has 0 saturated carbocycles. The van der Waals surface area contributed by atoms with E-state index in [0.29, 0.717) is 0 Å². The maximum atomic E-state index is 12.5. The molecule has 0 unspecified atom stereocenters. The van der Waals surface area contributed by atoms with Crippen LogP contribution >= 0.6 is 12.6 Å². The van der Waals surface area contributed by atoms with Gasteiger partial charge in [0.2, 0.25) is 0 Å². The Labute approximate surface area is 77.5 Å². The maximum absolute atomic E-state index is 12.5. The van der Waals surface area contributed by atoms with E-state index in [1.165, 1.54) is 12.1 Å². The summed E-state index contributed by atoms with van der Waals surface area (Å²) in [7, 11) is 0. The van der Waals surface area contributed by atoms with Gasteiger partial charge in [-0.15, -0.1) is 12.6 Å². The molecule has 1 rings (SSSR count). The Hall–Kier alpha value is -0.760. The van der Waals surface area contributed by atoms with E-state index in [-0.39, 0.29) is 5.82 Å². The zero-order valence-electron chi connectivity index (χ0n) is 6.92. The Morgan fingerprint density at radius 2 is 2.00 bits per heavy atom. The number of benzene rings is 1. The third-order valence-electron chi connectivity index (χ3n) is 1.57. The van der Waals surface area contributed by atoms with Crippen molar-refractivity contribution in [3.05, 3.63) is 40.6 Å². The Morgan fingerprint density at radius 1 is 1.42 bits per heavy atom. The Balaban J connectivity index is 2.84. The molecule has 64 valence electrons. The van der Waals surface area contributed by atoms with Gasteiger partial charge in [0.15, 0.2) is 0 Å². The highest BCUT2D eigenvalue weighted by molar-refractivity contribution is 7.84. The number of hydrogen-bond acceptors (Lipinski definition) is 1. The number of allylic oxidation sites excluding steroid dienone is 1. The van der Waals surface area contributed by atoms with Gasteiger partial charge in [-0.3, -0.25) is 0 Å². The van der Waals surface area contributed by atoms with Crippen LogP contribution in [0.4, 0.5) is 4.39 Å². The van der Waals surface area contributed by atoms with Gasteiger partial charge in [0.05, 0.1) is 0 Å². The van der Waals surface area contributed by atoms with Crippen LogP contribution in [0.5, 0.6) is 0 Å². The highest BCUT2D eigenvalue weighted by atomic mass is 32.1. The lowest BCUT2D eigenvalue weighted by Gasteiger charge is -1.95. The van der Waals surface area contributed by atoms with E-state index in [4.69, 9.17) is 0 Å². The second-order valence-electron chi connectivity index (χ2n) is 2.54.